The summed E-state index contributed by atoms with van der Waals surface area (Å²) < 4.78 is 2.11. The van der Waals surface area contributed by atoms with E-state index in [4.69, 9.17) is 12.2 Å². The van der Waals surface area contributed by atoms with Gasteiger partial charge >= 0.3 is 0 Å². The van der Waals surface area contributed by atoms with Gasteiger partial charge in [-0.15, -0.1) is 22.7 Å². The largest absolute Gasteiger partial charge is 0.300 e. The Morgan fingerprint density at radius 2 is 2.30 bits per heavy atom. The molecule has 9 heteroatoms. The van der Waals surface area contributed by atoms with Crippen molar-refractivity contribution < 1.29 is 4.79 Å². The molecule has 3 heterocycles. The van der Waals surface area contributed by atoms with Crippen LogP contribution in [0.5, 0.6) is 0 Å². The van der Waals surface area contributed by atoms with Gasteiger partial charge in [-0.2, -0.15) is 5.10 Å². The van der Waals surface area contributed by atoms with Crippen molar-refractivity contribution in [3.63, 3.8) is 0 Å². The lowest BCUT2D eigenvalue weighted by atomic mass is 10.2. The Balaban J connectivity index is 1.75. The normalized spacial score (nSPS) is 11.1. The van der Waals surface area contributed by atoms with Crippen molar-refractivity contribution in [2.75, 3.05) is 5.32 Å². The second-order valence-corrected chi connectivity index (χ2v) is 7.39. The SMILES string of the molecule is CC(C)c1csc(NC(=O)Cn2c(-c3cccs3)n[nH]c2=S)n1. The van der Waals surface area contributed by atoms with Gasteiger partial charge < -0.3 is 5.32 Å². The molecule has 1 amide bonds. The number of carbonyl (C=O) groups excluding carboxylic acids is 1. The predicted molar refractivity (Wildman–Crippen MR) is 95.6 cm³/mol. The first-order chi connectivity index (χ1) is 11.0. The number of carbonyl (C=O) groups is 1. The van der Waals surface area contributed by atoms with E-state index in [0.29, 0.717) is 21.6 Å². The van der Waals surface area contributed by atoms with E-state index in [0.717, 1.165) is 10.6 Å². The van der Waals surface area contributed by atoms with Gasteiger partial charge in [0.2, 0.25) is 5.91 Å². The van der Waals surface area contributed by atoms with E-state index in [1.807, 2.05) is 22.9 Å². The fourth-order valence-electron chi connectivity index (χ4n) is 1.97. The van der Waals surface area contributed by atoms with Crippen LogP contribution in [0.1, 0.15) is 25.5 Å². The number of hydrogen-bond donors (Lipinski definition) is 2. The molecule has 120 valence electrons. The van der Waals surface area contributed by atoms with Crippen LogP contribution in [0.3, 0.4) is 0 Å². The Bertz CT molecular complexity index is 859. The summed E-state index contributed by atoms with van der Waals surface area (Å²) in [5, 5.41) is 14.3. The number of thiophene rings is 1. The highest BCUT2D eigenvalue weighted by Crippen LogP contribution is 2.24. The zero-order valence-corrected chi connectivity index (χ0v) is 15.0. The zero-order chi connectivity index (χ0) is 16.4. The summed E-state index contributed by atoms with van der Waals surface area (Å²) in [6, 6.07) is 3.88. The molecule has 6 nitrogen and oxygen atoms in total. The van der Waals surface area contributed by atoms with Gasteiger partial charge in [-0.25, -0.2) is 4.98 Å². The van der Waals surface area contributed by atoms with Gasteiger partial charge in [-0.1, -0.05) is 19.9 Å². The molecule has 3 aromatic rings. The van der Waals surface area contributed by atoms with Gasteiger partial charge in [0.1, 0.15) is 6.54 Å². The molecular formula is C14H15N5OS3. The third kappa shape index (κ3) is 3.57. The average Bonchev–Trinajstić information content (AvgIpc) is 3.21. The highest BCUT2D eigenvalue weighted by molar-refractivity contribution is 7.71. The van der Waals surface area contributed by atoms with E-state index >= 15 is 0 Å². The summed E-state index contributed by atoms with van der Waals surface area (Å²) in [5.41, 5.74) is 0.976. The number of nitrogens with one attached hydrogen (secondary N) is 2. The lowest BCUT2D eigenvalue weighted by Crippen LogP contribution is -2.19. The van der Waals surface area contributed by atoms with Gasteiger partial charge in [0.15, 0.2) is 15.7 Å². The van der Waals surface area contributed by atoms with Crippen LogP contribution >= 0.6 is 34.9 Å². The highest BCUT2D eigenvalue weighted by Gasteiger charge is 2.14. The number of hydrogen-bond acceptors (Lipinski definition) is 6. The number of aromatic nitrogens is 4. The van der Waals surface area contributed by atoms with E-state index in [1.165, 1.54) is 11.3 Å². The molecule has 0 unspecified atom stereocenters. The molecule has 0 spiro atoms. The minimum absolute atomic E-state index is 0.0964. The van der Waals surface area contributed by atoms with E-state index in [2.05, 4.69) is 34.3 Å². The molecule has 2 N–H and O–H groups in total. The monoisotopic (exact) mass is 365 g/mol. The van der Waals surface area contributed by atoms with Crippen LogP contribution in [0.2, 0.25) is 0 Å². The molecule has 23 heavy (non-hydrogen) atoms. The number of thiazole rings is 1. The first kappa shape index (κ1) is 16.0. The van der Waals surface area contributed by atoms with Crippen molar-refractivity contribution in [2.45, 2.75) is 26.3 Å². The Morgan fingerprint density at radius 1 is 1.48 bits per heavy atom. The van der Waals surface area contributed by atoms with Crippen molar-refractivity contribution >= 4 is 45.9 Å². The summed E-state index contributed by atoms with van der Waals surface area (Å²) >= 11 is 8.20. The minimum atomic E-state index is -0.176. The van der Waals surface area contributed by atoms with Crippen LogP contribution in [0.25, 0.3) is 10.7 Å². The van der Waals surface area contributed by atoms with E-state index in [1.54, 1.807) is 15.9 Å². The van der Waals surface area contributed by atoms with Crippen molar-refractivity contribution in [1.29, 1.82) is 0 Å². The van der Waals surface area contributed by atoms with Crippen LogP contribution in [-0.2, 0) is 11.3 Å². The molecule has 0 fully saturated rings. The molecule has 0 saturated heterocycles. The second kappa shape index (κ2) is 6.73. The van der Waals surface area contributed by atoms with E-state index < -0.39 is 0 Å². The lowest BCUT2D eigenvalue weighted by molar-refractivity contribution is -0.116. The number of anilines is 1. The van der Waals surface area contributed by atoms with Crippen molar-refractivity contribution in [1.82, 2.24) is 19.7 Å². The molecular weight excluding hydrogens is 350 g/mol. The molecule has 0 aromatic carbocycles. The average molecular weight is 366 g/mol. The van der Waals surface area contributed by atoms with Crippen LogP contribution < -0.4 is 5.32 Å². The molecule has 3 rings (SSSR count). The summed E-state index contributed by atoms with van der Waals surface area (Å²) in [4.78, 5) is 17.6. The molecule has 0 aliphatic carbocycles. The van der Waals surface area contributed by atoms with E-state index in [9.17, 15) is 4.79 Å². The van der Waals surface area contributed by atoms with Gasteiger partial charge in [-0.05, 0) is 29.6 Å². The van der Waals surface area contributed by atoms with Crippen molar-refractivity contribution in [3.05, 3.63) is 33.4 Å². The summed E-state index contributed by atoms with van der Waals surface area (Å²) in [6.07, 6.45) is 0. The minimum Gasteiger partial charge on any atom is -0.300 e. The Hall–Kier alpha value is -1.84. The molecule has 3 aromatic heterocycles. The second-order valence-electron chi connectivity index (χ2n) is 5.20. The Kier molecular flexibility index (Phi) is 4.69. The smallest absolute Gasteiger partial charge is 0.246 e. The first-order valence-corrected chi connectivity index (χ1v) is 9.15. The molecule has 0 atom stereocenters. The van der Waals surface area contributed by atoms with Crippen LogP contribution in [0.4, 0.5) is 5.13 Å². The standard InChI is InChI=1S/C14H15N5OS3/c1-8(2)9-7-23-13(15-9)16-11(20)6-19-12(17-18-14(19)21)10-4-3-5-22-10/h3-5,7-8H,6H2,1-2H3,(H,18,21)(H,15,16,20). The summed E-state index contributed by atoms with van der Waals surface area (Å²) in [7, 11) is 0. The zero-order valence-electron chi connectivity index (χ0n) is 12.6. The molecule has 0 aliphatic heterocycles. The maximum Gasteiger partial charge on any atom is 0.246 e. The third-order valence-corrected chi connectivity index (χ3v) is 5.11. The van der Waals surface area contributed by atoms with Crippen LogP contribution in [-0.4, -0.2) is 25.7 Å². The van der Waals surface area contributed by atoms with Crippen molar-refractivity contribution in [2.24, 2.45) is 0 Å². The summed E-state index contributed by atoms with van der Waals surface area (Å²) in [5.74, 6) is 0.831. The van der Waals surface area contributed by atoms with Crippen LogP contribution in [0.15, 0.2) is 22.9 Å². The lowest BCUT2D eigenvalue weighted by Gasteiger charge is -2.05. The van der Waals surface area contributed by atoms with Gasteiger partial charge in [0, 0.05) is 5.38 Å². The molecule has 0 saturated carbocycles. The number of H-pyrrole nitrogens is 1. The molecule has 0 aliphatic rings. The number of nitrogens with zero attached hydrogens (tertiary/aromatic N) is 3. The first-order valence-electron chi connectivity index (χ1n) is 6.99. The maximum atomic E-state index is 12.3. The molecule has 0 radical (unpaired) electrons. The fourth-order valence-corrected chi connectivity index (χ4v) is 3.78. The van der Waals surface area contributed by atoms with Crippen molar-refractivity contribution in [3.8, 4) is 10.7 Å². The topological polar surface area (TPSA) is 75.6 Å². The number of rotatable bonds is 5. The number of aromatic amines is 1. The molecule has 0 bridgehead atoms. The van der Waals surface area contributed by atoms with Gasteiger partial charge in [0.05, 0.1) is 10.6 Å². The predicted octanol–water partition coefficient (Wildman–Crippen LogP) is 3.89. The maximum absolute atomic E-state index is 12.3. The Morgan fingerprint density at radius 3 is 2.96 bits per heavy atom. The van der Waals surface area contributed by atoms with E-state index in [-0.39, 0.29) is 12.5 Å². The number of amides is 1. The Labute approximate surface area is 146 Å². The highest BCUT2D eigenvalue weighted by atomic mass is 32.1. The van der Waals surface area contributed by atoms with Gasteiger partial charge in [0.25, 0.3) is 0 Å². The summed E-state index contributed by atoms with van der Waals surface area (Å²) in [6.45, 7) is 4.23. The van der Waals surface area contributed by atoms with Crippen LogP contribution in [0, 0.1) is 4.77 Å². The quantitative estimate of drug-likeness (QED) is 0.673. The van der Waals surface area contributed by atoms with Gasteiger partial charge in [-0.3, -0.25) is 14.5 Å². The fraction of sp³-hybridized carbons (Fsp3) is 0.286. The third-order valence-electron chi connectivity index (χ3n) is 3.16.